The highest BCUT2D eigenvalue weighted by Gasteiger charge is 2.15. The van der Waals surface area contributed by atoms with E-state index in [2.05, 4.69) is 11.2 Å². The summed E-state index contributed by atoms with van der Waals surface area (Å²) < 4.78 is 6.81. The average molecular weight is 270 g/mol. The van der Waals surface area contributed by atoms with Crippen LogP contribution in [0.4, 0.5) is 0 Å². The Morgan fingerprint density at radius 3 is 2.90 bits per heavy atom. The van der Waals surface area contributed by atoms with Crippen molar-refractivity contribution in [3.63, 3.8) is 0 Å². The van der Waals surface area contributed by atoms with Gasteiger partial charge >= 0.3 is 5.97 Å². The molecule has 1 amide bonds. The van der Waals surface area contributed by atoms with E-state index in [4.69, 9.17) is 11.2 Å². The number of esters is 1. The van der Waals surface area contributed by atoms with E-state index in [1.165, 1.54) is 0 Å². The molecular formula is C15H14N2O3. The van der Waals surface area contributed by atoms with Crippen molar-refractivity contribution in [2.24, 2.45) is 7.05 Å². The number of rotatable bonds is 4. The second kappa shape index (κ2) is 5.93. The van der Waals surface area contributed by atoms with E-state index in [0.717, 1.165) is 10.9 Å². The molecule has 1 aromatic heterocycles. The number of aromatic nitrogens is 1. The summed E-state index contributed by atoms with van der Waals surface area (Å²) >= 11 is 0. The fraction of sp³-hybridized carbons (Fsp3) is 0.200. The van der Waals surface area contributed by atoms with Crippen LogP contribution in [0.1, 0.15) is 10.4 Å². The molecule has 0 saturated heterocycles. The molecule has 0 bridgehead atoms. The first-order chi connectivity index (χ1) is 9.63. The molecule has 0 spiro atoms. The van der Waals surface area contributed by atoms with E-state index in [9.17, 15) is 9.59 Å². The maximum atomic E-state index is 12.0. The summed E-state index contributed by atoms with van der Waals surface area (Å²) in [7, 11) is 1.85. The first-order valence-electron chi connectivity index (χ1n) is 6.05. The van der Waals surface area contributed by atoms with Crippen molar-refractivity contribution < 1.29 is 14.3 Å². The van der Waals surface area contributed by atoms with Gasteiger partial charge in [-0.3, -0.25) is 4.79 Å². The summed E-state index contributed by atoms with van der Waals surface area (Å²) in [5.74, 6) is 1.32. The first kappa shape index (κ1) is 13.7. The van der Waals surface area contributed by atoms with E-state index in [1.807, 2.05) is 35.9 Å². The van der Waals surface area contributed by atoms with Crippen LogP contribution >= 0.6 is 0 Å². The lowest BCUT2D eigenvalue weighted by Crippen LogP contribution is -2.28. The predicted molar refractivity (Wildman–Crippen MR) is 75.0 cm³/mol. The highest BCUT2D eigenvalue weighted by Crippen LogP contribution is 2.20. The molecule has 0 fully saturated rings. The van der Waals surface area contributed by atoms with Gasteiger partial charge in [0, 0.05) is 24.1 Å². The number of ether oxygens (including phenoxy) is 1. The fourth-order valence-corrected chi connectivity index (χ4v) is 1.91. The van der Waals surface area contributed by atoms with Crippen LogP contribution in [0.3, 0.4) is 0 Å². The molecular weight excluding hydrogens is 256 g/mol. The van der Waals surface area contributed by atoms with Crippen molar-refractivity contribution in [2.75, 3.05) is 13.2 Å². The van der Waals surface area contributed by atoms with Crippen molar-refractivity contribution in [2.45, 2.75) is 0 Å². The smallest absolute Gasteiger partial charge is 0.340 e. The Morgan fingerprint density at radius 2 is 2.15 bits per heavy atom. The lowest BCUT2D eigenvalue weighted by atomic mass is 10.2. The molecule has 1 heterocycles. The number of nitrogens with one attached hydrogen (secondary N) is 1. The second-order valence-electron chi connectivity index (χ2n) is 4.23. The quantitative estimate of drug-likeness (QED) is 0.668. The number of nitrogens with zero attached hydrogens (tertiary/aromatic N) is 1. The molecule has 0 aliphatic rings. The highest BCUT2D eigenvalue weighted by atomic mass is 16.5. The maximum absolute atomic E-state index is 12.0. The van der Waals surface area contributed by atoms with Crippen LogP contribution in [-0.4, -0.2) is 29.6 Å². The van der Waals surface area contributed by atoms with Gasteiger partial charge in [0.25, 0.3) is 5.91 Å². The zero-order valence-corrected chi connectivity index (χ0v) is 11.1. The Balaban J connectivity index is 2.09. The third kappa shape index (κ3) is 2.81. The Hall–Kier alpha value is -2.74. The minimum atomic E-state index is -0.530. The number of carbonyl (C=O) groups excluding carboxylic acids is 2. The topological polar surface area (TPSA) is 60.3 Å². The van der Waals surface area contributed by atoms with Crippen molar-refractivity contribution in [3.05, 3.63) is 36.0 Å². The predicted octanol–water partition coefficient (Wildman–Crippen LogP) is 1.08. The largest absolute Gasteiger partial charge is 0.452 e. The van der Waals surface area contributed by atoms with Gasteiger partial charge in [-0.25, -0.2) is 4.79 Å². The third-order valence-corrected chi connectivity index (χ3v) is 2.84. The van der Waals surface area contributed by atoms with Crippen LogP contribution in [0.25, 0.3) is 10.9 Å². The van der Waals surface area contributed by atoms with E-state index in [-0.39, 0.29) is 13.2 Å². The van der Waals surface area contributed by atoms with Gasteiger partial charge in [-0.1, -0.05) is 24.1 Å². The number of amides is 1. The highest BCUT2D eigenvalue weighted by molar-refractivity contribution is 6.04. The molecule has 102 valence electrons. The van der Waals surface area contributed by atoms with Gasteiger partial charge in [0.1, 0.15) is 0 Å². The minimum Gasteiger partial charge on any atom is -0.452 e. The van der Waals surface area contributed by atoms with Gasteiger partial charge in [-0.15, -0.1) is 6.42 Å². The van der Waals surface area contributed by atoms with Gasteiger partial charge < -0.3 is 14.6 Å². The van der Waals surface area contributed by atoms with Crippen LogP contribution in [0.15, 0.2) is 30.5 Å². The number of para-hydroxylation sites is 1. The summed E-state index contributed by atoms with van der Waals surface area (Å²) in [5, 5.41) is 3.22. The Morgan fingerprint density at radius 1 is 1.40 bits per heavy atom. The Bertz CT molecular complexity index is 695. The molecule has 0 saturated carbocycles. The molecule has 2 rings (SSSR count). The van der Waals surface area contributed by atoms with Gasteiger partial charge in [0.05, 0.1) is 12.1 Å². The van der Waals surface area contributed by atoms with E-state index in [1.54, 1.807) is 6.20 Å². The van der Waals surface area contributed by atoms with Crippen LogP contribution in [0.5, 0.6) is 0 Å². The zero-order valence-electron chi connectivity index (χ0n) is 11.1. The number of benzene rings is 1. The van der Waals surface area contributed by atoms with Crippen LogP contribution in [0.2, 0.25) is 0 Å². The van der Waals surface area contributed by atoms with Gasteiger partial charge in [-0.2, -0.15) is 0 Å². The average Bonchev–Trinajstić information content (AvgIpc) is 2.80. The molecule has 0 aliphatic heterocycles. The number of carbonyl (C=O) groups is 2. The van der Waals surface area contributed by atoms with Crippen LogP contribution in [-0.2, 0) is 16.6 Å². The maximum Gasteiger partial charge on any atom is 0.340 e. The Labute approximate surface area is 116 Å². The first-order valence-corrected chi connectivity index (χ1v) is 6.05. The number of hydrogen-bond donors (Lipinski definition) is 1. The molecule has 0 atom stereocenters. The number of aryl methyl sites for hydroxylation is 1. The normalized spacial score (nSPS) is 10.0. The monoisotopic (exact) mass is 270 g/mol. The molecule has 20 heavy (non-hydrogen) atoms. The van der Waals surface area contributed by atoms with E-state index < -0.39 is 11.9 Å². The molecule has 2 aromatic rings. The van der Waals surface area contributed by atoms with Crippen LogP contribution in [0, 0.1) is 12.3 Å². The summed E-state index contributed by atoms with van der Waals surface area (Å²) in [6, 6.07) is 7.49. The van der Waals surface area contributed by atoms with Crippen molar-refractivity contribution >= 4 is 22.8 Å². The van der Waals surface area contributed by atoms with Gasteiger partial charge in [0.2, 0.25) is 0 Å². The summed E-state index contributed by atoms with van der Waals surface area (Å²) in [6.07, 6.45) is 6.70. The molecule has 0 radical (unpaired) electrons. The van der Waals surface area contributed by atoms with Gasteiger partial charge in [-0.05, 0) is 6.07 Å². The molecule has 1 N–H and O–H groups in total. The van der Waals surface area contributed by atoms with Crippen LogP contribution < -0.4 is 5.32 Å². The molecule has 0 unspecified atom stereocenters. The van der Waals surface area contributed by atoms with E-state index in [0.29, 0.717) is 5.56 Å². The van der Waals surface area contributed by atoms with Crippen molar-refractivity contribution in [3.8, 4) is 12.3 Å². The molecule has 5 heteroatoms. The molecule has 5 nitrogen and oxygen atoms in total. The standard InChI is InChI=1S/C15H14N2O3/c1-3-8-16-14(18)10-20-15(19)12-9-17(2)13-7-5-4-6-11(12)13/h1,4-7,9H,8,10H2,2H3,(H,16,18). The van der Waals surface area contributed by atoms with Gasteiger partial charge in [0.15, 0.2) is 6.61 Å². The van der Waals surface area contributed by atoms with Crippen molar-refractivity contribution in [1.29, 1.82) is 0 Å². The summed E-state index contributed by atoms with van der Waals surface area (Å²) in [4.78, 5) is 23.3. The third-order valence-electron chi connectivity index (χ3n) is 2.84. The Kier molecular flexibility index (Phi) is 4.06. The lowest BCUT2D eigenvalue weighted by Gasteiger charge is -2.03. The minimum absolute atomic E-state index is 0.116. The van der Waals surface area contributed by atoms with Crippen molar-refractivity contribution in [1.82, 2.24) is 9.88 Å². The SMILES string of the molecule is C#CCNC(=O)COC(=O)c1cn(C)c2ccccc12. The lowest BCUT2D eigenvalue weighted by molar-refractivity contribution is -0.123. The summed E-state index contributed by atoms with van der Waals surface area (Å²) in [5.41, 5.74) is 1.36. The molecule has 0 aliphatic carbocycles. The summed E-state index contributed by atoms with van der Waals surface area (Å²) in [6.45, 7) is -0.228. The second-order valence-corrected chi connectivity index (χ2v) is 4.23. The zero-order chi connectivity index (χ0) is 14.5. The molecule has 1 aromatic carbocycles. The fourth-order valence-electron chi connectivity index (χ4n) is 1.91. The number of hydrogen-bond acceptors (Lipinski definition) is 3. The van der Waals surface area contributed by atoms with E-state index >= 15 is 0 Å². The number of terminal acetylenes is 1. The number of fused-ring (bicyclic) bond motifs is 1.